The molecule has 5 rings (SSSR count). The third-order valence-electron chi connectivity index (χ3n) is 6.77. The molecule has 0 bridgehead atoms. The molecular weight excluding hydrogens is 444 g/mol. The number of carboxylic acid groups (broad SMARTS) is 1. The Labute approximate surface area is 203 Å². The van der Waals surface area contributed by atoms with Crippen LogP contribution < -0.4 is 5.32 Å². The van der Waals surface area contributed by atoms with E-state index in [-0.39, 0.29) is 37.0 Å². The van der Waals surface area contributed by atoms with Crippen LogP contribution in [0.2, 0.25) is 0 Å². The normalized spacial score (nSPS) is 14.0. The van der Waals surface area contributed by atoms with Gasteiger partial charge in [0.2, 0.25) is 5.91 Å². The van der Waals surface area contributed by atoms with E-state index in [0.717, 1.165) is 22.3 Å². The molecule has 2 aliphatic rings. The Morgan fingerprint density at radius 2 is 1.63 bits per heavy atom. The Morgan fingerprint density at radius 1 is 0.943 bits per heavy atom. The molecule has 3 aromatic rings. The Kier molecular flexibility index (Phi) is 6.23. The van der Waals surface area contributed by atoms with Crippen molar-refractivity contribution in [1.82, 2.24) is 10.2 Å². The highest BCUT2D eigenvalue weighted by atomic mass is 16.5. The standard InChI is InChI=1S/C28H26N2O5/c31-26(30-14-12-18-9-10-19(27(32)33)15-20(18)16-30)11-13-29-28(34)35-17-25-23-7-3-1-5-21(23)22-6-2-4-8-24(22)25/h1-10,15,25H,11-14,16-17H2,(H,29,34)(H,32,33). The maximum atomic E-state index is 12.7. The van der Waals surface area contributed by atoms with Crippen LogP contribution in [0.4, 0.5) is 4.79 Å². The Balaban J connectivity index is 1.11. The zero-order valence-corrected chi connectivity index (χ0v) is 19.2. The number of alkyl carbamates (subject to hydrolysis) is 1. The Morgan fingerprint density at radius 3 is 2.31 bits per heavy atom. The van der Waals surface area contributed by atoms with Gasteiger partial charge in [-0.2, -0.15) is 0 Å². The molecule has 0 atom stereocenters. The van der Waals surface area contributed by atoms with Gasteiger partial charge in [-0.3, -0.25) is 4.79 Å². The highest BCUT2D eigenvalue weighted by molar-refractivity contribution is 5.88. The number of carbonyl (C=O) groups excluding carboxylic acids is 2. The number of carbonyl (C=O) groups is 3. The lowest BCUT2D eigenvalue weighted by Crippen LogP contribution is -2.38. The van der Waals surface area contributed by atoms with E-state index >= 15 is 0 Å². The van der Waals surface area contributed by atoms with E-state index in [1.165, 1.54) is 11.1 Å². The summed E-state index contributed by atoms with van der Waals surface area (Å²) in [6.07, 6.45) is 0.286. The second kappa shape index (κ2) is 9.62. The van der Waals surface area contributed by atoms with Crippen LogP contribution >= 0.6 is 0 Å². The summed E-state index contributed by atoms with van der Waals surface area (Å²) in [5.74, 6) is -1.09. The van der Waals surface area contributed by atoms with Crippen LogP contribution in [-0.4, -0.2) is 47.7 Å². The first kappa shape index (κ1) is 22.7. The third-order valence-corrected chi connectivity index (χ3v) is 6.77. The summed E-state index contributed by atoms with van der Waals surface area (Å²) >= 11 is 0. The van der Waals surface area contributed by atoms with E-state index in [9.17, 15) is 19.5 Å². The second-order valence-corrected chi connectivity index (χ2v) is 8.86. The first-order valence-electron chi connectivity index (χ1n) is 11.7. The molecule has 1 heterocycles. The van der Waals surface area contributed by atoms with E-state index < -0.39 is 12.1 Å². The van der Waals surface area contributed by atoms with Gasteiger partial charge in [-0.25, -0.2) is 9.59 Å². The molecule has 178 valence electrons. The van der Waals surface area contributed by atoms with Crippen molar-refractivity contribution in [2.75, 3.05) is 19.7 Å². The lowest BCUT2D eigenvalue weighted by Gasteiger charge is -2.29. The number of nitrogens with zero attached hydrogens (tertiary/aromatic N) is 1. The molecule has 1 aliphatic carbocycles. The van der Waals surface area contributed by atoms with Crippen LogP contribution in [0.25, 0.3) is 11.1 Å². The van der Waals surface area contributed by atoms with Crippen LogP contribution in [0.15, 0.2) is 66.7 Å². The summed E-state index contributed by atoms with van der Waals surface area (Å²) in [4.78, 5) is 37.9. The van der Waals surface area contributed by atoms with Crippen LogP contribution in [0.3, 0.4) is 0 Å². The minimum Gasteiger partial charge on any atom is -0.478 e. The first-order valence-corrected chi connectivity index (χ1v) is 11.7. The third kappa shape index (κ3) is 4.62. The minimum absolute atomic E-state index is 0.0149. The molecule has 1 aliphatic heterocycles. The van der Waals surface area contributed by atoms with Gasteiger partial charge in [0.25, 0.3) is 0 Å². The van der Waals surface area contributed by atoms with E-state index in [4.69, 9.17) is 4.74 Å². The molecule has 3 aromatic carbocycles. The lowest BCUT2D eigenvalue weighted by atomic mass is 9.97. The average molecular weight is 471 g/mol. The highest BCUT2D eigenvalue weighted by Crippen LogP contribution is 2.44. The Bertz CT molecular complexity index is 1260. The van der Waals surface area contributed by atoms with Gasteiger partial charge in [0, 0.05) is 32.0 Å². The summed E-state index contributed by atoms with van der Waals surface area (Å²) in [6.45, 7) is 1.35. The Hall–Kier alpha value is -4.13. The van der Waals surface area contributed by atoms with E-state index in [1.54, 1.807) is 17.0 Å². The van der Waals surface area contributed by atoms with Crippen molar-refractivity contribution in [1.29, 1.82) is 0 Å². The summed E-state index contributed by atoms with van der Waals surface area (Å²) in [5.41, 5.74) is 6.77. The van der Waals surface area contributed by atoms with Gasteiger partial charge >= 0.3 is 12.1 Å². The highest BCUT2D eigenvalue weighted by Gasteiger charge is 2.29. The number of fused-ring (bicyclic) bond motifs is 4. The van der Waals surface area contributed by atoms with Crippen molar-refractivity contribution in [2.24, 2.45) is 0 Å². The fraction of sp³-hybridized carbons (Fsp3) is 0.250. The number of hydrogen-bond donors (Lipinski definition) is 2. The van der Waals surface area contributed by atoms with E-state index in [0.29, 0.717) is 19.5 Å². The predicted molar refractivity (Wildman–Crippen MR) is 130 cm³/mol. The van der Waals surface area contributed by atoms with Crippen molar-refractivity contribution < 1.29 is 24.2 Å². The summed E-state index contributed by atoms with van der Waals surface area (Å²) < 4.78 is 5.52. The molecule has 0 aromatic heterocycles. The fourth-order valence-corrected chi connectivity index (χ4v) is 4.98. The van der Waals surface area contributed by atoms with Crippen molar-refractivity contribution >= 4 is 18.0 Å². The van der Waals surface area contributed by atoms with Crippen molar-refractivity contribution in [3.63, 3.8) is 0 Å². The summed E-state index contributed by atoms with van der Waals surface area (Å²) in [5, 5.41) is 11.9. The fourth-order valence-electron chi connectivity index (χ4n) is 4.98. The maximum Gasteiger partial charge on any atom is 0.407 e. The molecule has 2 amide bonds. The maximum absolute atomic E-state index is 12.7. The van der Waals surface area contributed by atoms with Gasteiger partial charge in [-0.15, -0.1) is 0 Å². The smallest absolute Gasteiger partial charge is 0.407 e. The monoisotopic (exact) mass is 470 g/mol. The summed E-state index contributed by atoms with van der Waals surface area (Å²) in [7, 11) is 0. The van der Waals surface area contributed by atoms with Gasteiger partial charge in [0.15, 0.2) is 0 Å². The first-order chi connectivity index (χ1) is 17.0. The van der Waals surface area contributed by atoms with Crippen molar-refractivity contribution in [3.8, 4) is 11.1 Å². The molecule has 0 saturated heterocycles. The molecule has 0 radical (unpaired) electrons. The number of hydrogen-bond acceptors (Lipinski definition) is 4. The SMILES string of the molecule is O=C(NCCC(=O)N1CCc2ccc(C(=O)O)cc2C1)OCC1c2ccccc2-c2ccccc21. The number of benzene rings is 3. The molecule has 0 fully saturated rings. The van der Waals surface area contributed by atoms with Gasteiger partial charge in [0.05, 0.1) is 5.56 Å². The molecule has 7 heteroatoms. The predicted octanol–water partition coefficient (Wildman–Crippen LogP) is 4.20. The number of rotatable bonds is 6. The minimum atomic E-state index is -0.983. The zero-order valence-electron chi connectivity index (χ0n) is 19.2. The molecule has 35 heavy (non-hydrogen) atoms. The lowest BCUT2D eigenvalue weighted by molar-refractivity contribution is -0.132. The van der Waals surface area contributed by atoms with Gasteiger partial charge in [-0.05, 0) is 51.9 Å². The van der Waals surface area contributed by atoms with Gasteiger partial charge < -0.3 is 20.1 Å². The van der Waals surface area contributed by atoms with Crippen LogP contribution in [0, 0.1) is 0 Å². The number of amides is 2. The molecule has 7 nitrogen and oxygen atoms in total. The second-order valence-electron chi connectivity index (χ2n) is 8.86. The topological polar surface area (TPSA) is 95.9 Å². The van der Waals surface area contributed by atoms with Gasteiger partial charge in [0.1, 0.15) is 6.61 Å². The van der Waals surface area contributed by atoms with Crippen LogP contribution in [0.1, 0.15) is 45.0 Å². The number of carboxylic acids is 1. The molecule has 0 unspecified atom stereocenters. The molecular formula is C28H26N2O5. The van der Waals surface area contributed by atoms with Crippen molar-refractivity contribution in [2.45, 2.75) is 25.3 Å². The van der Waals surface area contributed by atoms with E-state index in [1.807, 2.05) is 30.3 Å². The molecule has 2 N–H and O–H groups in total. The number of nitrogens with one attached hydrogen (secondary N) is 1. The van der Waals surface area contributed by atoms with Crippen LogP contribution in [-0.2, 0) is 22.5 Å². The van der Waals surface area contributed by atoms with Crippen LogP contribution in [0.5, 0.6) is 0 Å². The molecule has 0 saturated carbocycles. The quantitative estimate of drug-likeness (QED) is 0.563. The number of aromatic carboxylic acids is 1. The largest absolute Gasteiger partial charge is 0.478 e. The zero-order chi connectivity index (χ0) is 24.4. The van der Waals surface area contributed by atoms with Gasteiger partial charge in [-0.1, -0.05) is 54.6 Å². The number of ether oxygens (including phenoxy) is 1. The van der Waals surface area contributed by atoms with E-state index in [2.05, 4.69) is 29.6 Å². The molecule has 0 spiro atoms. The van der Waals surface area contributed by atoms with Crippen molar-refractivity contribution in [3.05, 3.63) is 94.5 Å². The summed E-state index contributed by atoms with van der Waals surface area (Å²) in [6, 6.07) is 21.3. The average Bonchev–Trinajstić information content (AvgIpc) is 3.20.